The first-order valence-electron chi connectivity index (χ1n) is 12.5. The van der Waals surface area contributed by atoms with Gasteiger partial charge in [0.05, 0.1) is 53.2 Å². The summed E-state index contributed by atoms with van der Waals surface area (Å²) in [5, 5.41) is 3.37. The van der Waals surface area contributed by atoms with Gasteiger partial charge in [0.2, 0.25) is 0 Å². The van der Waals surface area contributed by atoms with Gasteiger partial charge in [-0.25, -0.2) is 0 Å². The lowest BCUT2D eigenvalue weighted by Crippen LogP contribution is -2.14. The highest BCUT2D eigenvalue weighted by molar-refractivity contribution is 5.71. The molecule has 10 nitrogen and oxygen atoms in total. The predicted molar refractivity (Wildman–Crippen MR) is 137 cm³/mol. The molecule has 0 radical (unpaired) electrons. The maximum atomic E-state index is 12.3. The molecule has 0 spiro atoms. The Morgan fingerprint density at radius 3 is 2.35 bits per heavy atom. The number of fused-ring (bicyclic) bond motifs is 1. The number of methoxy groups -OCH3 is 1. The van der Waals surface area contributed by atoms with Crippen molar-refractivity contribution in [1.29, 1.82) is 0 Å². The number of hydrogen-bond acceptors (Lipinski definition) is 8. The van der Waals surface area contributed by atoms with Crippen molar-refractivity contribution < 1.29 is 33.2 Å². The van der Waals surface area contributed by atoms with Gasteiger partial charge in [0.25, 0.3) is 0 Å². The first-order valence-corrected chi connectivity index (χ1v) is 12.5. The van der Waals surface area contributed by atoms with Crippen molar-refractivity contribution in [3.8, 4) is 17.2 Å². The molecule has 3 rings (SSSR count). The summed E-state index contributed by atoms with van der Waals surface area (Å²) in [6.45, 7) is 3.12. The van der Waals surface area contributed by atoms with Crippen molar-refractivity contribution >= 4 is 5.97 Å². The van der Waals surface area contributed by atoms with Gasteiger partial charge in [-0.1, -0.05) is 11.2 Å². The number of azide groups is 1. The van der Waals surface area contributed by atoms with E-state index in [9.17, 15) is 4.79 Å². The zero-order chi connectivity index (χ0) is 26.1. The number of esters is 1. The minimum atomic E-state index is -0.218. The molecule has 0 bridgehead atoms. The van der Waals surface area contributed by atoms with E-state index in [4.69, 9.17) is 34.0 Å². The number of rotatable bonds is 18. The fraction of sp³-hybridized carbons (Fsp3) is 0.519. The van der Waals surface area contributed by atoms with E-state index in [-0.39, 0.29) is 18.5 Å². The van der Waals surface area contributed by atoms with E-state index < -0.39 is 0 Å². The van der Waals surface area contributed by atoms with Crippen LogP contribution in [0.3, 0.4) is 0 Å². The molecule has 0 fully saturated rings. The maximum Gasteiger partial charge on any atom is 0.306 e. The van der Waals surface area contributed by atoms with Crippen LogP contribution in [-0.4, -0.2) is 65.9 Å². The molecule has 2 aromatic carbocycles. The normalized spacial score (nSPS) is 13.9. The van der Waals surface area contributed by atoms with Gasteiger partial charge in [-0.15, -0.1) is 0 Å². The second kappa shape index (κ2) is 16.3. The zero-order valence-corrected chi connectivity index (χ0v) is 21.3. The van der Waals surface area contributed by atoms with E-state index in [0.29, 0.717) is 52.6 Å². The molecule has 2 aromatic rings. The van der Waals surface area contributed by atoms with Crippen molar-refractivity contribution in [1.82, 2.24) is 0 Å². The van der Waals surface area contributed by atoms with Gasteiger partial charge in [0.1, 0.15) is 23.9 Å². The largest absolute Gasteiger partial charge is 0.497 e. The lowest BCUT2D eigenvalue weighted by Gasteiger charge is -2.13. The van der Waals surface area contributed by atoms with Gasteiger partial charge in [-0.3, -0.25) is 4.79 Å². The monoisotopic (exact) mass is 513 g/mol. The molecule has 200 valence electrons. The van der Waals surface area contributed by atoms with Gasteiger partial charge in [0.15, 0.2) is 0 Å². The Morgan fingerprint density at radius 1 is 0.919 bits per heavy atom. The number of hydrogen-bond donors (Lipinski definition) is 0. The van der Waals surface area contributed by atoms with Crippen molar-refractivity contribution in [2.45, 2.75) is 31.6 Å². The highest BCUT2D eigenvalue weighted by Crippen LogP contribution is 2.37. The van der Waals surface area contributed by atoms with Crippen molar-refractivity contribution in [2.24, 2.45) is 5.11 Å². The number of carbonyl (C=O) groups excluding carboxylic acids is 1. The molecule has 0 saturated heterocycles. The first kappa shape index (κ1) is 28.1. The second-order valence-electron chi connectivity index (χ2n) is 8.43. The average molecular weight is 514 g/mol. The van der Waals surface area contributed by atoms with Crippen molar-refractivity contribution in [3.05, 3.63) is 64.0 Å². The molecule has 0 heterocycles. The van der Waals surface area contributed by atoms with Crippen LogP contribution in [0.5, 0.6) is 17.2 Å². The number of aryl methyl sites for hydroxylation is 1. The topological polar surface area (TPSA) is 121 Å². The molecule has 0 unspecified atom stereocenters. The number of carbonyl (C=O) groups is 1. The summed E-state index contributed by atoms with van der Waals surface area (Å²) in [7, 11) is 1.64. The summed E-state index contributed by atoms with van der Waals surface area (Å²) in [6, 6.07) is 13.6. The van der Waals surface area contributed by atoms with Gasteiger partial charge in [-0.05, 0) is 71.8 Å². The Bertz CT molecular complexity index is 1010. The summed E-state index contributed by atoms with van der Waals surface area (Å²) in [6.07, 6.45) is 2.98. The molecule has 0 aromatic heterocycles. The third-order valence-corrected chi connectivity index (χ3v) is 5.88. The molecule has 1 aliphatic rings. The summed E-state index contributed by atoms with van der Waals surface area (Å²) in [5.74, 6) is 2.39. The summed E-state index contributed by atoms with van der Waals surface area (Å²) < 4.78 is 32.7. The molecule has 0 saturated carbocycles. The molecule has 1 aliphatic carbocycles. The first-order chi connectivity index (χ1) is 18.2. The van der Waals surface area contributed by atoms with Crippen molar-refractivity contribution in [3.63, 3.8) is 0 Å². The number of ether oxygens (including phenoxy) is 6. The number of nitrogens with zero attached hydrogens (tertiary/aromatic N) is 3. The van der Waals surface area contributed by atoms with Crippen LogP contribution in [0, 0.1) is 0 Å². The highest BCUT2D eigenvalue weighted by Gasteiger charge is 2.25. The third-order valence-electron chi connectivity index (χ3n) is 5.88. The minimum Gasteiger partial charge on any atom is -0.497 e. The van der Waals surface area contributed by atoms with Crippen LogP contribution in [0.1, 0.15) is 36.3 Å². The Hall–Kier alpha value is -3.46. The molecule has 0 amide bonds. The molecule has 10 heteroatoms. The summed E-state index contributed by atoms with van der Waals surface area (Å²) in [5.41, 5.74) is 10.6. The van der Waals surface area contributed by atoms with E-state index in [0.717, 1.165) is 36.5 Å². The quantitative estimate of drug-likeness (QED) is 0.0918. The predicted octanol–water partition coefficient (Wildman–Crippen LogP) is 4.85. The average Bonchev–Trinajstić information content (AvgIpc) is 3.31. The fourth-order valence-electron chi connectivity index (χ4n) is 4.04. The standard InChI is InChI=1S/C27H35N3O7/c1-32-23-5-7-24(8-6-23)35-12-2-13-36-25-9-10-26-21(19-25)3-4-22(26)20-27(31)37-18-17-34-16-15-33-14-11-29-30-28/h5-10,19,22H,2-4,11-18,20H2,1H3/t22-/m0/s1. The number of benzene rings is 2. The van der Waals surface area contributed by atoms with Crippen molar-refractivity contribution in [2.75, 3.05) is 59.9 Å². The molecule has 0 aliphatic heterocycles. The minimum absolute atomic E-state index is 0.167. The van der Waals surface area contributed by atoms with E-state index in [1.165, 1.54) is 11.1 Å². The van der Waals surface area contributed by atoms with Gasteiger partial charge in [0, 0.05) is 17.9 Å². The van der Waals surface area contributed by atoms with Crippen LogP contribution in [-0.2, 0) is 25.4 Å². The van der Waals surface area contributed by atoms with Gasteiger partial charge < -0.3 is 28.4 Å². The summed E-state index contributed by atoms with van der Waals surface area (Å²) >= 11 is 0. The third kappa shape index (κ3) is 10.2. The van der Waals surface area contributed by atoms with E-state index in [2.05, 4.69) is 22.2 Å². The smallest absolute Gasteiger partial charge is 0.306 e. The Morgan fingerprint density at radius 2 is 1.59 bits per heavy atom. The lowest BCUT2D eigenvalue weighted by atomic mass is 9.98. The Kier molecular flexibility index (Phi) is 12.4. The molecular formula is C27H35N3O7. The van der Waals surface area contributed by atoms with Crippen LogP contribution in [0.15, 0.2) is 47.6 Å². The van der Waals surface area contributed by atoms with Crippen LogP contribution in [0.2, 0.25) is 0 Å². The van der Waals surface area contributed by atoms with Gasteiger partial charge in [-0.2, -0.15) is 0 Å². The lowest BCUT2D eigenvalue weighted by molar-refractivity contribution is -0.145. The maximum absolute atomic E-state index is 12.3. The van der Waals surface area contributed by atoms with Gasteiger partial charge >= 0.3 is 5.97 Å². The molecule has 0 N–H and O–H groups in total. The molecular weight excluding hydrogens is 478 g/mol. The Labute approximate surface area is 217 Å². The second-order valence-corrected chi connectivity index (χ2v) is 8.43. The fourth-order valence-corrected chi connectivity index (χ4v) is 4.04. The van der Waals surface area contributed by atoms with Crippen LogP contribution >= 0.6 is 0 Å². The Balaban J connectivity index is 1.27. The van der Waals surface area contributed by atoms with E-state index >= 15 is 0 Å². The SMILES string of the molecule is COc1ccc(OCCCOc2ccc3c(c2)CC[C@H]3CC(=O)OCCOCCOCCN=[N+]=[N-])cc1. The molecule has 1 atom stereocenters. The molecule has 37 heavy (non-hydrogen) atoms. The van der Waals surface area contributed by atoms with Crippen LogP contribution < -0.4 is 14.2 Å². The van der Waals surface area contributed by atoms with E-state index in [1.54, 1.807) is 7.11 Å². The zero-order valence-electron chi connectivity index (χ0n) is 21.3. The van der Waals surface area contributed by atoms with E-state index in [1.807, 2.05) is 30.3 Å². The summed E-state index contributed by atoms with van der Waals surface area (Å²) in [4.78, 5) is 14.9. The highest BCUT2D eigenvalue weighted by atomic mass is 16.6. The van der Waals surface area contributed by atoms with Crippen LogP contribution in [0.25, 0.3) is 10.4 Å². The van der Waals surface area contributed by atoms with Crippen LogP contribution in [0.4, 0.5) is 0 Å².